The van der Waals surface area contributed by atoms with E-state index in [1.807, 2.05) is 6.20 Å². The summed E-state index contributed by atoms with van der Waals surface area (Å²) in [5.41, 5.74) is 2.46. The van der Waals surface area contributed by atoms with Crippen LogP contribution in [0.5, 0.6) is 0 Å². The van der Waals surface area contributed by atoms with Gasteiger partial charge in [-0.3, -0.25) is 4.79 Å². The first-order chi connectivity index (χ1) is 12.6. The van der Waals surface area contributed by atoms with Gasteiger partial charge in [0, 0.05) is 69.0 Å². The smallest absolute Gasteiger partial charge is 0.225 e. The van der Waals surface area contributed by atoms with Crippen LogP contribution in [0.4, 0.5) is 0 Å². The predicted molar refractivity (Wildman–Crippen MR) is 98.8 cm³/mol. The van der Waals surface area contributed by atoms with Crippen molar-refractivity contribution in [2.75, 3.05) is 33.8 Å². The van der Waals surface area contributed by atoms with Crippen LogP contribution in [0, 0.1) is 5.92 Å². The van der Waals surface area contributed by atoms with Crippen LogP contribution in [0.1, 0.15) is 55.1 Å². The van der Waals surface area contributed by atoms with Crippen LogP contribution < -0.4 is 0 Å². The lowest BCUT2D eigenvalue weighted by molar-refractivity contribution is -0.136. The highest BCUT2D eigenvalue weighted by molar-refractivity contribution is 5.79. The molecule has 3 heterocycles. The van der Waals surface area contributed by atoms with Gasteiger partial charge in [0.15, 0.2) is 0 Å². The molecule has 1 aromatic heterocycles. The van der Waals surface area contributed by atoms with E-state index in [9.17, 15) is 4.79 Å². The van der Waals surface area contributed by atoms with Gasteiger partial charge in [-0.25, -0.2) is 9.97 Å². The summed E-state index contributed by atoms with van der Waals surface area (Å²) in [5, 5.41) is 0. The summed E-state index contributed by atoms with van der Waals surface area (Å²) in [6, 6.07) is 0. The lowest BCUT2D eigenvalue weighted by Crippen LogP contribution is -2.37. The first-order valence-electron chi connectivity index (χ1n) is 9.99. The molecule has 0 N–H and O–H groups in total. The second-order valence-corrected chi connectivity index (χ2v) is 8.17. The number of rotatable bonds is 3. The number of nitrogens with zero attached hydrogens (tertiary/aromatic N) is 4. The molecule has 0 radical (unpaired) electrons. The molecule has 2 aliphatic heterocycles. The molecule has 6 nitrogen and oxygen atoms in total. The summed E-state index contributed by atoms with van der Waals surface area (Å²) < 4.78 is 5.43. The molecular formula is C20H30N4O2. The van der Waals surface area contributed by atoms with Gasteiger partial charge in [0.2, 0.25) is 5.91 Å². The summed E-state index contributed by atoms with van der Waals surface area (Å²) in [6.45, 7) is 3.62. The Morgan fingerprint density at radius 1 is 1.19 bits per heavy atom. The fraction of sp³-hybridized carbons (Fsp3) is 0.750. The van der Waals surface area contributed by atoms with Crippen molar-refractivity contribution in [3.8, 4) is 0 Å². The van der Waals surface area contributed by atoms with Crippen molar-refractivity contribution in [3.63, 3.8) is 0 Å². The van der Waals surface area contributed by atoms with Crippen LogP contribution in [0.3, 0.4) is 0 Å². The number of amides is 1. The number of carbonyl (C=O) groups excluding carboxylic acids is 1. The average molecular weight is 358 g/mol. The standard InChI is InChI=1S/C20H30N4O2/c1-23-9-8-18-16(12-23)11-21-19(22-18)15-7-10-24(13-15)20(25)14-3-5-17(26-2)6-4-14/h11,14-15,17H,3-10,12-13H2,1-2H3/t14?,15-,17?/m1/s1. The fourth-order valence-electron chi connectivity index (χ4n) is 4.64. The van der Waals surface area contributed by atoms with Gasteiger partial charge >= 0.3 is 0 Å². The molecule has 0 unspecified atom stereocenters. The normalized spacial score (nSPS) is 29.6. The Hall–Kier alpha value is -1.53. The first kappa shape index (κ1) is 17.9. The van der Waals surface area contributed by atoms with Gasteiger partial charge in [-0.15, -0.1) is 0 Å². The molecule has 3 aliphatic rings. The van der Waals surface area contributed by atoms with Crippen LogP contribution >= 0.6 is 0 Å². The maximum atomic E-state index is 12.9. The van der Waals surface area contributed by atoms with Gasteiger partial charge in [0.1, 0.15) is 5.82 Å². The first-order valence-corrected chi connectivity index (χ1v) is 9.99. The lowest BCUT2D eigenvalue weighted by atomic mass is 9.86. The molecule has 2 fully saturated rings. The lowest BCUT2D eigenvalue weighted by Gasteiger charge is -2.29. The zero-order chi connectivity index (χ0) is 18.1. The molecule has 1 aromatic rings. The minimum Gasteiger partial charge on any atom is -0.381 e. The zero-order valence-corrected chi connectivity index (χ0v) is 16.0. The number of likely N-dealkylation sites (tertiary alicyclic amines) is 1. The summed E-state index contributed by atoms with van der Waals surface area (Å²) in [7, 11) is 3.91. The predicted octanol–water partition coefficient (Wildman–Crippen LogP) is 1.99. The quantitative estimate of drug-likeness (QED) is 0.827. The van der Waals surface area contributed by atoms with Crippen molar-refractivity contribution in [1.82, 2.24) is 19.8 Å². The van der Waals surface area contributed by atoms with Gasteiger partial charge in [-0.2, -0.15) is 0 Å². The van der Waals surface area contributed by atoms with Gasteiger partial charge in [-0.05, 0) is 39.2 Å². The Morgan fingerprint density at radius 2 is 2.00 bits per heavy atom. The zero-order valence-electron chi connectivity index (χ0n) is 16.0. The number of methoxy groups -OCH3 is 1. The molecule has 0 bridgehead atoms. The van der Waals surface area contributed by atoms with Crippen molar-refractivity contribution in [3.05, 3.63) is 23.3 Å². The molecule has 1 amide bonds. The van der Waals surface area contributed by atoms with E-state index in [1.165, 1.54) is 11.3 Å². The molecule has 26 heavy (non-hydrogen) atoms. The maximum Gasteiger partial charge on any atom is 0.225 e. The molecule has 1 atom stereocenters. The Morgan fingerprint density at radius 3 is 2.77 bits per heavy atom. The number of carbonyl (C=O) groups is 1. The maximum absolute atomic E-state index is 12.9. The third kappa shape index (κ3) is 3.62. The van der Waals surface area contributed by atoms with E-state index in [4.69, 9.17) is 9.72 Å². The van der Waals surface area contributed by atoms with Crippen LogP contribution in [-0.2, 0) is 22.5 Å². The molecule has 142 valence electrons. The number of aromatic nitrogens is 2. The van der Waals surface area contributed by atoms with E-state index in [0.29, 0.717) is 17.9 Å². The highest BCUT2D eigenvalue weighted by Crippen LogP contribution is 2.31. The van der Waals surface area contributed by atoms with Gasteiger partial charge in [0.05, 0.1) is 6.10 Å². The fourth-order valence-corrected chi connectivity index (χ4v) is 4.64. The number of fused-ring (bicyclic) bond motifs is 1. The van der Waals surface area contributed by atoms with E-state index >= 15 is 0 Å². The Balaban J connectivity index is 1.37. The molecule has 1 aliphatic carbocycles. The van der Waals surface area contributed by atoms with Gasteiger partial charge < -0.3 is 14.5 Å². The molecule has 0 aromatic carbocycles. The van der Waals surface area contributed by atoms with E-state index < -0.39 is 0 Å². The molecule has 6 heteroatoms. The van der Waals surface area contributed by atoms with Gasteiger partial charge in [-0.1, -0.05) is 0 Å². The summed E-state index contributed by atoms with van der Waals surface area (Å²) in [5.74, 6) is 1.74. The second-order valence-electron chi connectivity index (χ2n) is 8.17. The van der Waals surface area contributed by atoms with E-state index in [-0.39, 0.29) is 5.92 Å². The second kappa shape index (κ2) is 7.61. The molecule has 4 rings (SSSR count). The minimum absolute atomic E-state index is 0.181. The third-order valence-electron chi connectivity index (χ3n) is 6.37. The topological polar surface area (TPSA) is 58.6 Å². The third-order valence-corrected chi connectivity index (χ3v) is 6.37. The minimum atomic E-state index is 0.181. The van der Waals surface area contributed by atoms with Crippen LogP contribution in [-0.4, -0.2) is 65.6 Å². The van der Waals surface area contributed by atoms with Crippen molar-refractivity contribution in [2.24, 2.45) is 5.92 Å². The van der Waals surface area contributed by atoms with Crippen LogP contribution in [0.25, 0.3) is 0 Å². The Labute approximate surface area is 155 Å². The summed E-state index contributed by atoms with van der Waals surface area (Å²) in [4.78, 5) is 26.7. The molecule has 0 spiro atoms. The van der Waals surface area contributed by atoms with Gasteiger partial charge in [0.25, 0.3) is 0 Å². The number of hydrogen-bond acceptors (Lipinski definition) is 5. The SMILES string of the molecule is COC1CCC(C(=O)N2CC[C@@H](c3ncc4c(n3)CCN(C)C4)C2)CC1. The number of likely N-dealkylation sites (N-methyl/N-ethyl adjacent to an activating group) is 1. The Bertz CT molecular complexity index is 657. The van der Waals surface area contributed by atoms with Crippen LogP contribution in [0.15, 0.2) is 6.20 Å². The molecule has 1 saturated carbocycles. The van der Waals surface area contributed by atoms with Crippen LogP contribution in [0.2, 0.25) is 0 Å². The largest absolute Gasteiger partial charge is 0.381 e. The van der Waals surface area contributed by atoms with Crippen molar-refractivity contribution in [1.29, 1.82) is 0 Å². The summed E-state index contributed by atoms with van der Waals surface area (Å²) in [6.07, 6.45) is 8.26. The van der Waals surface area contributed by atoms with E-state index in [0.717, 1.165) is 70.5 Å². The monoisotopic (exact) mass is 358 g/mol. The van der Waals surface area contributed by atoms with Crippen molar-refractivity contribution in [2.45, 2.75) is 57.1 Å². The highest BCUT2D eigenvalue weighted by Gasteiger charge is 2.35. The molecular weight excluding hydrogens is 328 g/mol. The van der Waals surface area contributed by atoms with E-state index in [1.54, 1.807) is 7.11 Å². The number of hydrogen-bond donors (Lipinski definition) is 0. The number of ether oxygens (including phenoxy) is 1. The van der Waals surface area contributed by atoms with E-state index in [2.05, 4.69) is 21.8 Å². The van der Waals surface area contributed by atoms with Crippen molar-refractivity contribution < 1.29 is 9.53 Å². The average Bonchev–Trinajstić information content (AvgIpc) is 3.17. The molecule has 1 saturated heterocycles. The Kier molecular flexibility index (Phi) is 5.23. The highest BCUT2D eigenvalue weighted by atomic mass is 16.5. The summed E-state index contributed by atoms with van der Waals surface area (Å²) >= 11 is 0. The van der Waals surface area contributed by atoms with Crippen molar-refractivity contribution >= 4 is 5.91 Å².